The largest absolute Gasteiger partial charge is 0.228 e. The van der Waals surface area contributed by atoms with E-state index in [9.17, 15) is 0 Å². The van der Waals surface area contributed by atoms with Gasteiger partial charge in [0.15, 0.2) is 5.82 Å². The summed E-state index contributed by atoms with van der Waals surface area (Å²) >= 11 is 0. The van der Waals surface area contributed by atoms with Crippen molar-refractivity contribution in [1.29, 1.82) is 0 Å². The minimum absolute atomic E-state index is 0.765. The summed E-state index contributed by atoms with van der Waals surface area (Å²) in [6.07, 6.45) is 0. The summed E-state index contributed by atoms with van der Waals surface area (Å²) in [5, 5.41) is 7.57. The first-order valence-electron chi connectivity index (χ1n) is 20.4. The Balaban J connectivity index is 1.09. The molecule has 0 amide bonds. The molecule has 0 saturated heterocycles. The molecule has 0 unspecified atom stereocenters. The van der Waals surface area contributed by atoms with Gasteiger partial charge in [0.25, 0.3) is 0 Å². The lowest BCUT2D eigenvalue weighted by Crippen LogP contribution is -2.50. The molecule has 2 nitrogen and oxygen atoms in total. The molecule has 0 spiro atoms. The number of hydrogen-bond acceptors (Lipinski definition) is 2. The molecule has 0 radical (unpaired) electrons. The van der Waals surface area contributed by atoms with Gasteiger partial charge in [0, 0.05) is 16.7 Å². The van der Waals surface area contributed by atoms with Crippen LogP contribution in [0.15, 0.2) is 206 Å². The van der Waals surface area contributed by atoms with Crippen LogP contribution in [0, 0.1) is 0 Å². The van der Waals surface area contributed by atoms with Crippen molar-refractivity contribution in [2.75, 3.05) is 0 Å². The van der Waals surface area contributed by atoms with Crippen molar-refractivity contribution in [3.63, 3.8) is 0 Å². The van der Waals surface area contributed by atoms with E-state index >= 15 is 0 Å². The van der Waals surface area contributed by atoms with E-state index < -0.39 is 8.07 Å². The van der Waals surface area contributed by atoms with Gasteiger partial charge in [-0.3, -0.25) is 0 Å². The van der Waals surface area contributed by atoms with Crippen molar-refractivity contribution in [3.8, 4) is 78.4 Å². The highest BCUT2D eigenvalue weighted by molar-refractivity contribution is 7.04. The van der Waals surface area contributed by atoms with Gasteiger partial charge in [0.1, 0.15) is 8.07 Å². The Kier molecular flexibility index (Phi) is 8.31. The molecule has 10 aromatic rings. The van der Waals surface area contributed by atoms with E-state index in [-0.39, 0.29) is 0 Å². The monoisotopic (exact) mass is 768 g/mol. The van der Waals surface area contributed by atoms with Gasteiger partial charge in [-0.2, -0.15) is 0 Å². The summed E-state index contributed by atoms with van der Waals surface area (Å²) < 4.78 is 0. The predicted octanol–water partition coefficient (Wildman–Crippen LogP) is 13.6. The fraction of sp³-hybridized carbons (Fsp3) is 0.0357. The Labute approximate surface area is 346 Å². The van der Waals surface area contributed by atoms with E-state index in [1.165, 1.54) is 71.0 Å². The molecule has 1 aliphatic rings. The molecule has 1 aromatic heterocycles. The molecule has 0 N–H and O–H groups in total. The highest BCUT2D eigenvalue weighted by Crippen LogP contribution is 2.40. The maximum Gasteiger partial charge on any atom is 0.161 e. The second-order valence-corrected chi connectivity index (χ2v) is 20.5. The van der Waals surface area contributed by atoms with Gasteiger partial charge < -0.3 is 0 Å². The van der Waals surface area contributed by atoms with Crippen LogP contribution < -0.4 is 10.4 Å². The molecular formula is C56H40N2Si. The zero-order chi connectivity index (χ0) is 39.5. The van der Waals surface area contributed by atoms with Crippen molar-refractivity contribution >= 4 is 40.0 Å². The third kappa shape index (κ3) is 6.02. The van der Waals surface area contributed by atoms with Crippen LogP contribution in [0.4, 0.5) is 0 Å². The fourth-order valence-electron chi connectivity index (χ4n) is 9.28. The lowest BCUT2D eigenvalue weighted by molar-refractivity contribution is 1.21. The van der Waals surface area contributed by atoms with E-state index in [1.807, 2.05) is 0 Å². The topological polar surface area (TPSA) is 25.8 Å². The van der Waals surface area contributed by atoms with Crippen LogP contribution in [-0.4, -0.2) is 18.0 Å². The van der Waals surface area contributed by atoms with Crippen LogP contribution in [0.5, 0.6) is 0 Å². The van der Waals surface area contributed by atoms with Crippen LogP contribution in [0.2, 0.25) is 13.1 Å². The highest BCUT2D eigenvalue weighted by Gasteiger charge is 2.42. The average Bonchev–Trinajstić information content (AvgIpc) is 3.55. The standard InChI is InChI=1S/C56H40N2Si/c1-59(2)51-31-30-40-21-10-12-28-49(40)52(51)54-55(59)53(57-56(58-54)50-29-15-22-39-20-9-11-27-48(39)50)44-26-14-24-42(33-44)41-23-13-25-43(32-41)47-35-45(37-16-5-3-6-17-37)34-46(36-47)38-18-7-4-8-19-38/h3-36H,1-2H3. The molecule has 2 heterocycles. The van der Waals surface area contributed by atoms with E-state index in [0.717, 1.165) is 39.3 Å². The number of aromatic nitrogens is 2. The second kappa shape index (κ2) is 14.0. The van der Waals surface area contributed by atoms with Gasteiger partial charge in [-0.15, -0.1) is 0 Å². The maximum absolute atomic E-state index is 5.59. The van der Waals surface area contributed by atoms with Crippen molar-refractivity contribution in [2.45, 2.75) is 13.1 Å². The Morgan fingerprint density at radius 2 is 0.780 bits per heavy atom. The van der Waals surface area contributed by atoms with Crippen molar-refractivity contribution in [3.05, 3.63) is 206 Å². The molecule has 3 heteroatoms. The first-order chi connectivity index (χ1) is 29.0. The Hall–Kier alpha value is -7.20. The van der Waals surface area contributed by atoms with Gasteiger partial charge in [-0.05, 0) is 107 Å². The molecule has 0 bridgehead atoms. The zero-order valence-electron chi connectivity index (χ0n) is 33.0. The number of rotatable bonds is 6. The minimum Gasteiger partial charge on any atom is -0.228 e. The van der Waals surface area contributed by atoms with Crippen LogP contribution >= 0.6 is 0 Å². The molecule has 9 aromatic carbocycles. The molecule has 1 aliphatic heterocycles. The van der Waals surface area contributed by atoms with Gasteiger partial charge in [0.05, 0.1) is 11.4 Å². The first-order valence-corrected chi connectivity index (χ1v) is 23.4. The molecule has 0 atom stereocenters. The molecule has 0 aliphatic carbocycles. The highest BCUT2D eigenvalue weighted by atomic mass is 28.3. The van der Waals surface area contributed by atoms with E-state index in [1.54, 1.807) is 0 Å². The number of hydrogen-bond donors (Lipinski definition) is 0. The average molecular weight is 769 g/mol. The summed E-state index contributed by atoms with van der Waals surface area (Å²) in [5.74, 6) is 0.765. The van der Waals surface area contributed by atoms with Crippen LogP contribution in [0.3, 0.4) is 0 Å². The normalized spacial score (nSPS) is 12.7. The predicted molar refractivity (Wildman–Crippen MR) is 252 cm³/mol. The second-order valence-electron chi connectivity index (χ2n) is 16.2. The van der Waals surface area contributed by atoms with Crippen LogP contribution in [0.1, 0.15) is 0 Å². The third-order valence-electron chi connectivity index (χ3n) is 12.2. The van der Waals surface area contributed by atoms with Gasteiger partial charge in [0.2, 0.25) is 0 Å². The van der Waals surface area contributed by atoms with E-state index in [4.69, 9.17) is 9.97 Å². The van der Waals surface area contributed by atoms with E-state index in [2.05, 4.69) is 219 Å². The Bertz CT molecular complexity index is 3180. The summed E-state index contributed by atoms with van der Waals surface area (Å²) in [4.78, 5) is 11.1. The number of benzene rings is 9. The lowest BCUT2D eigenvalue weighted by atomic mass is 9.92. The van der Waals surface area contributed by atoms with Gasteiger partial charge in [-0.25, -0.2) is 9.97 Å². The van der Waals surface area contributed by atoms with Gasteiger partial charge >= 0.3 is 0 Å². The molecular weight excluding hydrogens is 729 g/mol. The molecule has 11 rings (SSSR count). The molecule has 0 fully saturated rings. The Morgan fingerprint density at radius 1 is 0.339 bits per heavy atom. The zero-order valence-corrected chi connectivity index (χ0v) is 34.0. The molecule has 278 valence electrons. The minimum atomic E-state index is -2.25. The maximum atomic E-state index is 5.59. The molecule has 59 heavy (non-hydrogen) atoms. The lowest BCUT2D eigenvalue weighted by Gasteiger charge is -2.22. The number of fused-ring (bicyclic) bond motifs is 6. The summed E-state index contributed by atoms with van der Waals surface area (Å²) in [5.41, 5.74) is 15.1. The number of nitrogens with zero attached hydrogens (tertiary/aromatic N) is 2. The van der Waals surface area contributed by atoms with Crippen molar-refractivity contribution < 1.29 is 0 Å². The first kappa shape index (κ1) is 35.0. The van der Waals surface area contributed by atoms with Gasteiger partial charge in [-0.1, -0.05) is 189 Å². The quantitative estimate of drug-likeness (QED) is 0.157. The molecule has 0 saturated carbocycles. The van der Waals surface area contributed by atoms with Crippen molar-refractivity contribution in [1.82, 2.24) is 9.97 Å². The third-order valence-corrected chi connectivity index (χ3v) is 15.7. The summed E-state index contributed by atoms with van der Waals surface area (Å²) in [7, 11) is -2.25. The van der Waals surface area contributed by atoms with E-state index in [0.29, 0.717) is 0 Å². The fourth-order valence-corrected chi connectivity index (χ4v) is 12.5. The summed E-state index contributed by atoms with van der Waals surface area (Å²) in [6, 6.07) is 74.8. The SMILES string of the molecule is C[Si]1(C)c2ccc3ccccc3c2-c2nc(-c3cccc4ccccc34)nc(-c3cccc(-c4cccc(-c5cc(-c6ccccc6)cc(-c6ccccc6)c5)c4)c3)c21. The summed E-state index contributed by atoms with van der Waals surface area (Å²) in [6.45, 7) is 4.94. The van der Waals surface area contributed by atoms with Crippen LogP contribution in [-0.2, 0) is 0 Å². The Morgan fingerprint density at radius 3 is 1.44 bits per heavy atom. The van der Waals surface area contributed by atoms with Crippen molar-refractivity contribution in [2.24, 2.45) is 0 Å². The smallest absolute Gasteiger partial charge is 0.161 e. The van der Waals surface area contributed by atoms with Crippen LogP contribution in [0.25, 0.3) is 100.0 Å².